The Balaban J connectivity index is 1.67. The van der Waals surface area contributed by atoms with E-state index in [2.05, 4.69) is 15.3 Å². The standard InChI is InChI=1S/C23H24N4O4/c1-15(22(28)29)19-14-24-20(26-21(19)27(2)3)13-16-9-11-17(12-10-16)25-23(30)31-18-7-5-4-6-8-18/h4-12,14-15H,13H2,1-3H3,(H,25,30)(H,28,29). The van der Waals surface area contributed by atoms with Crippen LogP contribution in [-0.4, -0.2) is 41.2 Å². The maximum Gasteiger partial charge on any atom is 0.417 e. The Kier molecular flexibility index (Phi) is 6.81. The molecule has 3 rings (SSSR count). The molecule has 1 heterocycles. The molecule has 31 heavy (non-hydrogen) atoms. The number of benzene rings is 2. The highest BCUT2D eigenvalue weighted by molar-refractivity contribution is 5.86. The van der Waals surface area contributed by atoms with E-state index in [1.807, 2.05) is 32.3 Å². The number of hydrogen-bond acceptors (Lipinski definition) is 6. The lowest BCUT2D eigenvalue weighted by Crippen LogP contribution is -2.19. The first-order valence-corrected chi connectivity index (χ1v) is 9.72. The smallest absolute Gasteiger partial charge is 0.417 e. The van der Waals surface area contributed by atoms with E-state index in [-0.39, 0.29) is 0 Å². The van der Waals surface area contributed by atoms with Crippen molar-refractivity contribution < 1.29 is 19.4 Å². The second-order valence-electron chi connectivity index (χ2n) is 7.22. The normalized spacial score (nSPS) is 11.5. The van der Waals surface area contributed by atoms with Crippen molar-refractivity contribution >= 4 is 23.6 Å². The zero-order valence-electron chi connectivity index (χ0n) is 17.6. The summed E-state index contributed by atoms with van der Waals surface area (Å²) >= 11 is 0. The minimum atomic E-state index is -0.923. The first-order valence-electron chi connectivity index (χ1n) is 9.72. The molecule has 8 heteroatoms. The van der Waals surface area contributed by atoms with Crippen molar-refractivity contribution in [3.8, 4) is 5.75 Å². The molecule has 1 aromatic heterocycles. The molecule has 0 saturated heterocycles. The van der Waals surface area contributed by atoms with Crippen molar-refractivity contribution in [1.82, 2.24) is 9.97 Å². The van der Waals surface area contributed by atoms with Crippen molar-refractivity contribution in [2.45, 2.75) is 19.3 Å². The molecule has 0 aliphatic carbocycles. The zero-order valence-corrected chi connectivity index (χ0v) is 17.6. The summed E-state index contributed by atoms with van der Waals surface area (Å²) in [6.45, 7) is 1.61. The third kappa shape index (κ3) is 5.79. The van der Waals surface area contributed by atoms with Crippen molar-refractivity contribution in [3.63, 3.8) is 0 Å². The summed E-state index contributed by atoms with van der Waals surface area (Å²) in [7, 11) is 3.64. The number of nitrogens with one attached hydrogen (secondary N) is 1. The van der Waals surface area contributed by atoms with Crippen LogP contribution in [0, 0.1) is 0 Å². The number of hydrogen-bond donors (Lipinski definition) is 2. The van der Waals surface area contributed by atoms with Crippen LogP contribution in [0.3, 0.4) is 0 Å². The summed E-state index contributed by atoms with van der Waals surface area (Å²) in [5, 5.41) is 12.0. The van der Waals surface area contributed by atoms with E-state index in [0.29, 0.717) is 35.1 Å². The minimum absolute atomic E-state index is 0.464. The third-order valence-electron chi connectivity index (χ3n) is 4.62. The van der Waals surface area contributed by atoms with Crippen LogP contribution in [0.5, 0.6) is 5.75 Å². The number of carboxylic acid groups (broad SMARTS) is 1. The lowest BCUT2D eigenvalue weighted by molar-refractivity contribution is -0.138. The maximum atomic E-state index is 12.0. The number of nitrogens with zero attached hydrogens (tertiary/aromatic N) is 3. The topological polar surface area (TPSA) is 105 Å². The Bertz CT molecular complexity index is 1050. The van der Waals surface area contributed by atoms with Gasteiger partial charge >= 0.3 is 12.1 Å². The van der Waals surface area contributed by atoms with Gasteiger partial charge < -0.3 is 14.7 Å². The van der Waals surface area contributed by atoms with Gasteiger partial charge in [-0.15, -0.1) is 0 Å². The van der Waals surface area contributed by atoms with Gasteiger partial charge in [-0.1, -0.05) is 30.3 Å². The van der Waals surface area contributed by atoms with Crippen molar-refractivity contribution in [1.29, 1.82) is 0 Å². The van der Waals surface area contributed by atoms with Crippen LogP contribution in [0.15, 0.2) is 60.8 Å². The second-order valence-corrected chi connectivity index (χ2v) is 7.22. The highest BCUT2D eigenvalue weighted by atomic mass is 16.6. The first kappa shape index (κ1) is 21.8. The average Bonchev–Trinajstić information content (AvgIpc) is 2.75. The lowest BCUT2D eigenvalue weighted by atomic mass is 10.0. The molecule has 0 aliphatic heterocycles. The molecule has 1 atom stereocenters. The van der Waals surface area contributed by atoms with Crippen LogP contribution in [0.25, 0.3) is 0 Å². The number of aliphatic carboxylic acids is 1. The van der Waals surface area contributed by atoms with Gasteiger partial charge in [-0.3, -0.25) is 10.1 Å². The van der Waals surface area contributed by atoms with Gasteiger partial charge in [0.05, 0.1) is 5.92 Å². The Hall–Kier alpha value is -3.94. The summed E-state index contributed by atoms with van der Waals surface area (Å²) in [6.07, 6.45) is 1.48. The molecule has 8 nitrogen and oxygen atoms in total. The number of amides is 1. The molecule has 1 unspecified atom stereocenters. The van der Waals surface area contributed by atoms with E-state index in [9.17, 15) is 14.7 Å². The van der Waals surface area contributed by atoms with E-state index in [4.69, 9.17) is 4.74 Å². The van der Waals surface area contributed by atoms with Crippen LogP contribution in [0.2, 0.25) is 0 Å². The van der Waals surface area contributed by atoms with Crippen LogP contribution in [0.4, 0.5) is 16.3 Å². The van der Waals surface area contributed by atoms with Crippen LogP contribution in [0.1, 0.15) is 29.8 Å². The SMILES string of the molecule is CC(C(=O)O)c1cnc(Cc2ccc(NC(=O)Oc3ccccc3)cc2)nc1N(C)C. The number of carbonyl (C=O) groups is 2. The summed E-state index contributed by atoms with van der Waals surface area (Å²) in [6, 6.07) is 16.1. The summed E-state index contributed by atoms with van der Waals surface area (Å²) in [5.41, 5.74) is 2.12. The van der Waals surface area contributed by atoms with Gasteiger partial charge in [0.2, 0.25) is 0 Å². The van der Waals surface area contributed by atoms with Gasteiger partial charge in [0.15, 0.2) is 0 Å². The summed E-state index contributed by atoms with van der Waals surface area (Å²) in [5.74, 6) is 0.00277. The zero-order chi connectivity index (χ0) is 22.4. The number of ether oxygens (including phenoxy) is 1. The van der Waals surface area contributed by atoms with E-state index >= 15 is 0 Å². The van der Waals surface area contributed by atoms with E-state index < -0.39 is 18.0 Å². The molecule has 0 spiro atoms. The molecule has 0 radical (unpaired) electrons. The number of para-hydroxylation sites is 1. The molecule has 1 amide bonds. The average molecular weight is 420 g/mol. The predicted molar refractivity (Wildman–Crippen MR) is 118 cm³/mol. The fourth-order valence-electron chi connectivity index (χ4n) is 2.93. The Morgan fingerprint density at radius 2 is 1.77 bits per heavy atom. The number of aromatic nitrogens is 2. The van der Waals surface area contributed by atoms with Gasteiger partial charge in [-0.2, -0.15) is 0 Å². The van der Waals surface area contributed by atoms with Gasteiger partial charge in [0.1, 0.15) is 17.4 Å². The Morgan fingerprint density at radius 3 is 2.39 bits per heavy atom. The van der Waals surface area contributed by atoms with Crippen molar-refractivity contribution in [3.05, 3.63) is 77.7 Å². The number of carboxylic acids is 1. The minimum Gasteiger partial charge on any atom is -0.481 e. The summed E-state index contributed by atoms with van der Waals surface area (Å²) in [4.78, 5) is 34.0. The van der Waals surface area contributed by atoms with Crippen molar-refractivity contribution in [2.75, 3.05) is 24.3 Å². The van der Waals surface area contributed by atoms with Crippen LogP contribution >= 0.6 is 0 Å². The highest BCUT2D eigenvalue weighted by Gasteiger charge is 2.21. The molecular weight excluding hydrogens is 396 g/mol. The molecule has 160 valence electrons. The van der Waals surface area contributed by atoms with Gasteiger partial charge in [-0.25, -0.2) is 14.8 Å². The molecule has 2 aromatic carbocycles. The van der Waals surface area contributed by atoms with Crippen LogP contribution < -0.4 is 15.0 Å². The van der Waals surface area contributed by atoms with E-state index in [0.717, 1.165) is 5.56 Å². The molecular formula is C23H24N4O4. The first-order chi connectivity index (χ1) is 14.8. The number of anilines is 2. The molecule has 0 aliphatic rings. The fourth-order valence-corrected chi connectivity index (χ4v) is 2.93. The van der Waals surface area contributed by atoms with Gasteiger partial charge in [0.25, 0.3) is 0 Å². The lowest BCUT2D eigenvalue weighted by Gasteiger charge is -2.19. The second kappa shape index (κ2) is 9.71. The third-order valence-corrected chi connectivity index (χ3v) is 4.62. The fraction of sp³-hybridized carbons (Fsp3) is 0.217. The molecule has 0 bridgehead atoms. The summed E-state index contributed by atoms with van der Waals surface area (Å²) < 4.78 is 5.21. The Labute approximate surface area is 180 Å². The quantitative estimate of drug-likeness (QED) is 0.597. The number of rotatable bonds is 7. The highest BCUT2D eigenvalue weighted by Crippen LogP contribution is 2.25. The van der Waals surface area contributed by atoms with Crippen LogP contribution in [-0.2, 0) is 11.2 Å². The molecule has 2 N–H and O–H groups in total. The predicted octanol–water partition coefficient (Wildman–Crippen LogP) is 3.93. The molecule has 0 saturated carbocycles. The monoisotopic (exact) mass is 420 g/mol. The number of carbonyl (C=O) groups excluding carboxylic acids is 1. The Morgan fingerprint density at radius 1 is 1.10 bits per heavy atom. The van der Waals surface area contributed by atoms with Crippen molar-refractivity contribution in [2.24, 2.45) is 0 Å². The maximum absolute atomic E-state index is 12.0. The van der Waals surface area contributed by atoms with Gasteiger partial charge in [-0.05, 0) is 36.8 Å². The largest absolute Gasteiger partial charge is 0.481 e. The molecule has 3 aromatic rings. The molecule has 0 fully saturated rings. The van der Waals surface area contributed by atoms with E-state index in [1.165, 1.54) is 0 Å². The van der Waals surface area contributed by atoms with Gasteiger partial charge in [0, 0.05) is 38.0 Å². The van der Waals surface area contributed by atoms with E-state index in [1.54, 1.807) is 54.4 Å².